The van der Waals surface area contributed by atoms with Crippen molar-refractivity contribution in [3.05, 3.63) is 17.6 Å². The molecule has 15 heavy (non-hydrogen) atoms. The van der Waals surface area contributed by atoms with Gasteiger partial charge < -0.3 is 5.32 Å². The van der Waals surface area contributed by atoms with Crippen molar-refractivity contribution in [1.82, 2.24) is 9.97 Å². The van der Waals surface area contributed by atoms with Gasteiger partial charge in [-0.2, -0.15) is 0 Å². The lowest BCUT2D eigenvalue weighted by Crippen LogP contribution is -2.18. The average molecular weight is 203 g/mol. The van der Waals surface area contributed by atoms with Gasteiger partial charge in [0.1, 0.15) is 5.82 Å². The number of hydrogen-bond donors (Lipinski definition) is 1. The second kappa shape index (κ2) is 5.35. The third-order valence-corrected chi connectivity index (χ3v) is 2.29. The molecular formula is C12H17N3. The van der Waals surface area contributed by atoms with Crippen molar-refractivity contribution in [2.45, 2.75) is 39.7 Å². The van der Waals surface area contributed by atoms with E-state index in [9.17, 15) is 0 Å². The molecule has 0 fully saturated rings. The molecule has 1 rings (SSSR count). The molecule has 0 saturated heterocycles. The molecule has 3 nitrogen and oxygen atoms in total. The van der Waals surface area contributed by atoms with Gasteiger partial charge in [0.05, 0.1) is 23.6 Å². The molecule has 0 aliphatic rings. The molecule has 0 aromatic carbocycles. The number of rotatable bonds is 4. The SMILES string of the molecule is C#CC(CCC)Nc1cnc(C)c(C)n1. The summed E-state index contributed by atoms with van der Waals surface area (Å²) in [6.07, 6.45) is 9.14. The van der Waals surface area contributed by atoms with Gasteiger partial charge in [0.2, 0.25) is 0 Å². The summed E-state index contributed by atoms with van der Waals surface area (Å²) < 4.78 is 0. The third kappa shape index (κ3) is 3.25. The van der Waals surface area contributed by atoms with Gasteiger partial charge in [-0.05, 0) is 20.3 Å². The van der Waals surface area contributed by atoms with E-state index in [1.165, 1.54) is 0 Å². The Bertz CT molecular complexity index is 366. The molecule has 0 radical (unpaired) electrons. The zero-order valence-electron chi connectivity index (χ0n) is 9.54. The second-order valence-electron chi connectivity index (χ2n) is 3.58. The number of nitrogens with one attached hydrogen (secondary N) is 1. The third-order valence-electron chi connectivity index (χ3n) is 2.29. The van der Waals surface area contributed by atoms with Crippen molar-refractivity contribution in [2.75, 3.05) is 5.32 Å². The number of aromatic nitrogens is 2. The van der Waals surface area contributed by atoms with E-state index in [4.69, 9.17) is 6.42 Å². The van der Waals surface area contributed by atoms with Gasteiger partial charge >= 0.3 is 0 Å². The molecule has 0 spiro atoms. The average Bonchev–Trinajstić information content (AvgIpc) is 2.23. The number of nitrogens with zero attached hydrogens (tertiary/aromatic N) is 2. The lowest BCUT2D eigenvalue weighted by molar-refractivity contribution is 0.750. The van der Waals surface area contributed by atoms with Gasteiger partial charge in [-0.15, -0.1) is 6.42 Å². The zero-order valence-corrected chi connectivity index (χ0v) is 9.54. The predicted octanol–water partition coefficient (Wildman–Crippen LogP) is 2.31. The first-order chi connectivity index (χ1) is 7.17. The largest absolute Gasteiger partial charge is 0.355 e. The summed E-state index contributed by atoms with van der Waals surface area (Å²) in [5.74, 6) is 3.47. The molecule has 1 aromatic heterocycles. The smallest absolute Gasteiger partial charge is 0.145 e. The Hall–Kier alpha value is -1.56. The minimum Gasteiger partial charge on any atom is -0.355 e. The van der Waals surface area contributed by atoms with Crippen LogP contribution in [0.3, 0.4) is 0 Å². The normalized spacial score (nSPS) is 11.9. The van der Waals surface area contributed by atoms with Gasteiger partial charge in [0.25, 0.3) is 0 Å². The number of hydrogen-bond acceptors (Lipinski definition) is 3. The van der Waals surface area contributed by atoms with Crippen LogP contribution in [0.25, 0.3) is 0 Å². The Kier molecular flexibility index (Phi) is 4.11. The van der Waals surface area contributed by atoms with Crippen LogP contribution in [0, 0.1) is 26.2 Å². The first kappa shape index (κ1) is 11.5. The molecular weight excluding hydrogens is 186 g/mol. The minimum absolute atomic E-state index is 0.0476. The molecule has 3 heteroatoms. The Morgan fingerprint density at radius 1 is 1.47 bits per heavy atom. The van der Waals surface area contributed by atoms with Crippen molar-refractivity contribution in [3.63, 3.8) is 0 Å². The highest BCUT2D eigenvalue weighted by Gasteiger charge is 2.05. The van der Waals surface area contributed by atoms with Crippen molar-refractivity contribution >= 4 is 5.82 Å². The summed E-state index contributed by atoms with van der Waals surface area (Å²) in [5.41, 5.74) is 1.89. The molecule has 1 aromatic rings. The summed E-state index contributed by atoms with van der Waals surface area (Å²) >= 11 is 0. The van der Waals surface area contributed by atoms with Crippen LogP contribution < -0.4 is 5.32 Å². The van der Waals surface area contributed by atoms with Crippen LogP contribution in [-0.4, -0.2) is 16.0 Å². The van der Waals surface area contributed by atoms with Crippen molar-refractivity contribution in [3.8, 4) is 12.3 Å². The van der Waals surface area contributed by atoms with Crippen molar-refractivity contribution in [1.29, 1.82) is 0 Å². The summed E-state index contributed by atoms with van der Waals surface area (Å²) in [5, 5.41) is 3.19. The lowest BCUT2D eigenvalue weighted by atomic mass is 10.2. The number of terminal acetylenes is 1. The fourth-order valence-corrected chi connectivity index (χ4v) is 1.28. The lowest BCUT2D eigenvalue weighted by Gasteiger charge is -2.12. The van der Waals surface area contributed by atoms with Crippen LogP contribution in [0.5, 0.6) is 0 Å². The molecule has 0 aliphatic carbocycles. The van der Waals surface area contributed by atoms with E-state index < -0.39 is 0 Å². The van der Waals surface area contributed by atoms with E-state index in [-0.39, 0.29) is 6.04 Å². The highest BCUT2D eigenvalue weighted by atomic mass is 15.0. The topological polar surface area (TPSA) is 37.8 Å². The Morgan fingerprint density at radius 3 is 2.73 bits per heavy atom. The Labute approximate surface area is 91.3 Å². The van der Waals surface area contributed by atoms with Gasteiger partial charge in [-0.25, -0.2) is 4.98 Å². The first-order valence-corrected chi connectivity index (χ1v) is 5.20. The number of anilines is 1. The van der Waals surface area contributed by atoms with Gasteiger partial charge in [0, 0.05) is 0 Å². The maximum Gasteiger partial charge on any atom is 0.145 e. The van der Waals surface area contributed by atoms with Crippen LogP contribution in [0.4, 0.5) is 5.82 Å². The zero-order chi connectivity index (χ0) is 11.3. The van der Waals surface area contributed by atoms with E-state index >= 15 is 0 Å². The molecule has 0 amide bonds. The van der Waals surface area contributed by atoms with E-state index in [1.807, 2.05) is 13.8 Å². The summed E-state index contributed by atoms with van der Waals surface area (Å²) in [4.78, 5) is 8.61. The highest BCUT2D eigenvalue weighted by molar-refractivity contribution is 5.36. The summed E-state index contributed by atoms with van der Waals surface area (Å²) in [6, 6.07) is 0.0476. The standard InChI is InChI=1S/C12H17N3/c1-5-7-11(6-2)15-12-8-13-9(3)10(4)14-12/h2,8,11H,5,7H2,1,3-4H3,(H,14,15). The van der Waals surface area contributed by atoms with Crippen LogP contribution in [-0.2, 0) is 0 Å². The Balaban J connectivity index is 2.72. The van der Waals surface area contributed by atoms with Crippen molar-refractivity contribution in [2.24, 2.45) is 0 Å². The van der Waals surface area contributed by atoms with Gasteiger partial charge in [-0.3, -0.25) is 4.98 Å². The molecule has 80 valence electrons. The molecule has 1 heterocycles. The van der Waals surface area contributed by atoms with Crippen LogP contribution >= 0.6 is 0 Å². The molecule has 1 N–H and O–H groups in total. The molecule has 0 aliphatic heterocycles. The predicted molar refractivity (Wildman–Crippen MR) is 62.7 cm³/mol. The van der Waals surface area contributed by atoms with E-state index in [2.05, 4.69) is 28.1 Å². The van der Waals surface area contributed by atoms with Crippen LogP contribution in [0.15, 0.2) is 6.20 Å². The molecule has 1 atom stereocenters. The second-order valence-corrected chi connectivity index (χ2v) is 3.58. The van der Waals surface area contributed by atoms with E-state index in [0.29, 0.717) is 0 Å². The molecule has 1 unspecified atom stereocenters. The first-order valence-electron chi connectivity index (χ1n) is 5.20. The maximum atomic E-state index is 5.41. The fraction of sp³-hybridized carbons (Fsp3) is 0.500. The quantitative estimate of drug-likeness (QED) is 0.763. The summed E-state index contributed by atoms with van der Waals surface area (Å²) in [6.45, 7) is 5.99. The van der Waals surface area contributed by atoms with Crippen molar-refractivity contribution < 1.29 is 0 Å². The van der Waals surface area contributed by atoms with Crippen LogP contribution in [0.1, 0.15) is 31.2 Å². The monoisotopic (exact) mass is 203 g/mol. The van der Waals surface area contributed by atoms with Crippen LogP contribution in [0.2, 0.25) is 0 Å². The van der Waals surface area contributed by atoms with Gasteiger partial charge in [-0.1, -0.05) is 19.3 Å². The number of aryl methyl sites for hydroxylation is 2. The van der Waals surface area contributed by atoms with Gasteiger partial charge in [0.15, 0.2) is 0 Å². The highest BCUT2D eigenvalue weighted by Crippen LogP contribution is 2.08. The Morgan fingerprint density at radius 2 is 2.20 bits per heavy atom. The molecule has 0 saturated carbocycles. The fourth-order valence-electron chi connectivity index (χ4n) is 1.28. The minimum atomic E-state index is 0.0476. The maximum absolute atomic E-state index is 5.41. The summed E-state index contributed by atoms with van der Waals surface area (Å²) in [7, 11) is 0. The molecule has 0 bridgehead atoms. The van der Waals surface area contributed by atoms with E-state index in [1.54, 1.807) is 6.20 Å². The van der Waals surface area contributed by atoms with E-state index in [0.717, 1.165) is 30.0 Å².